The van der Waals surface area contributed by atoms with Gasteiger partial charge in [0.15, 0.2) is 0 Å². The molecule has 0 atom stereocenters. The number of halogens is 2. The molecule has 0 radical (unpaired) electrons. The summed E-state index contributed by atoms with van der Waals surface area (Å²) in [4.78, 5) is 0. The highest BCUT2D eigenvalue weighted by molar-refractivity contribution is 9.10. The Morgan fingerprint density at radius 3 is 2.72 bits per heavy atom. The molecule has 2 aromatic rings. The second kappa shape index (κ2) is 6.23. The van der Waals surface area contributed by atoms with E-state index in [0.717, 1.165) is 15.8 Å². The summed E-state index contributed by atoms with van der Waals surface area (Å²) in [5.74, 6) is 1.46. The third-order valence-electron chi connectivity index (χ3n) is 2.43. The average molecular weight is 327 g/mol. The molecule has 18 heavy (non-hydrogen) atoms. The molecule has 0 heterocycles. The molecule has 0 spiro atoms. The minimum atomic E-state index is 0.614. The molecule has 94 valence electrons. The van der Waals surface area contributed by atoms with Gasteiger partial charge in [0.05, 0.1) is 5.02 Å². The number of nitrogens with one attached hydrogen (secondary N) is 1. The average Bonchev–Trinajstić information content (AvgIpc) is 2.34. The number of hydrogen-bond donors (Lipinski definition) is 1. The number of benzene rings is 2. The molecule has 0 aliphatic heterocycles. The molecule has 0 fully saturated rings. The smallest absolute Gasteiger partial charge is 0.150 e. The molecule has 0 aromatic heterocycles. The fourth-order valence-electron chi connectivity index (χ4n) is 1.65. The Labute approximate surface area is 120 Å². The van der Waals surface area contributed by atoms with Crippen molar-refractivity contribution in [2.45, 2.75) is 6.54 Å². The third-order valence-corrected chi connectivity index (χ3v) is 3.22. The van der Waals surface area contributed by atoms with Crippen molar-refractivity contribution in [1.29, 1.82) is 0 Å². The van der Waals surface area contributed by atoms with Crippen LogP contribution < -0.4 is 10.1 Å². The van der Waals surface area contributed by atoms with Crippen LogP contribution in [0.5, 0.6) is 11.5 Å². The van der Waals surface area contributed by atoms with Crippen molar-refractivity contribution in [2.75, 3.05) is 7.05 Å². The number of hydrogen-bond acceptors (Lipinski definition) is 2. The van der Waals surface area contributed by atoms with E-state index in [1.54, 1.807) is 0 Å². The first-order valence-corrected chi connectivity index (χ1v) is 6.73. The Bertz CT molecular complexity index is 545. The molecule has 2 aromatic carbocycles. The molecule has 0 unspecified atom stereocenters. The Morgan fingerprint density at radius 2 is 2.00 bits per heavy atom. The normalized spacial score (nSPS) is 10.4. The van der Waals surface area contributed by atoms with Gasteiger partial charge in [-0.2, -0.15) is 0 Å². The molecular weight excluding hydrogens is 314 g/mol. The van der Waals surface area contributed by atoms with E-state index in [-0.39, 0.29) is 0 Å². The maximum Gasteiger partial charge on any atom is 0.150 e. The number of rotatable bonds is 4. The van der Waals surface area contributed by atoms with Crippen LogP contribution in [0.15, 0.2) is 46.9 Å². The molecule has 0 amide bonds. The summed E-state index contributed by atoms with van der Waals surface area (Å²) in [7, 11) is 1.89. The Kier molecular flexibility index (Phi) is 4.64. The maximum atomic E-state index is 6.19. The van der Waals surface area contributed by atoms with Gasteiger partial charge in [-0.25, -0.2) is 0 Å². The highest BCUT2D eigenvalue weighted by atomic mass is 79.9. The van der Waals surface area contributed by atoms with E-state index in [2.05, 4.69) is 21.2 Å². The van der Waals surface area contributed by atoms with Gasteiger partial charge in [-0.3, -0.25) is 0 Å². The van der Waals surface area contributed by atoms with Crippen molar-refractivity contribution in [1.82, 2.24) is 5.32 Å². The van der Waals surface area contributed by atoms with Gasteiger partial charge in [0, 0.05) is 16.6 Å². The first kappa shape index (κ1) is 13.4. The Balaban J connectivity index is 2.33. The van der Waals surface area contributed by atoms with Gasteiger partial charge in [0.25, 0.3) is 0 Å². The van der Waals surface area contributed by atoms with Gasteiger partial charge in [0.1, 0.15) is 11.5 Å². The van der Waals surface area contributed by atoms with E-state index >= 15 is 0 Å². The van der Waals surface area contributed by atoms with Crippen molar-refractivity contribution in [2.24, 2.45) is 0 Å². The van der Waals surface area contributed by atoms with Crippen LogP contribution in [-0.4, -0.2) is 7.05 Å². The third kappa shape index (κ3) is 3.25. The second-order valence-electron chi connectivity index (χ2n) is 3.82. The topological polar surface area (TPSA) is 21.3 Å². The second-order valence-corrected chi connectivity index (χ2v) is 5.14. The quantitative estimate of drug-likeness (QED) is 0.885. The van der Waals surface area contributed by atoms with Crippen LogP contribution in [0.2, 0.25) is 5.02 Å². The highest BCUT2D eigenvalue weighted by Crippen LogP contribution is 2.33. The van der Waals surface area contributed by atoms with E-state index in [0.29, 0.717) is 17.3 Å². The fraction of sp³-hybridized carbons (Fsp3) is 0.143. The van der Waals surface area contributed by atoms with Crippen LogP contribution >= 0.6 is 27.5 Å². The van der Waals surface area contributed by atoms with E-state index in [1.807, 2.05) is 49.5 Å². The van der Waals surface area contributed by atoms with Crippen molar-refractivity contribution >= 4 is 27.5 Å². The van der Waals surface area contributed by atoms with Gasteiger partial charge in [-0.15, -0.1) is 0 Å². The van der Waals surface area contributed by atoms with E-state index in [9.17, 15) is 0 Å². The van der Waals surface area contributed by atoms with Crippen LogP contribution in [0.4, 0.5) is 0 Å². The zero-order valence-corrected chi connectivity index (χ0v) is 12.3. The van der Waals surface area contributed by atoms with Gasteiger partial charge in [-0.05, 0) is 31.3 Å². The van der Waals surface area contributed by atoms with Crippen LogP contribution in [0, 0.1) is 0 Å². The molecule has 0 aliphatic rings. The molecule has 2 rings (SSSR count). The van der Waals surface area contributed by atoms with Crippen LogP contribution in [0.3, 0.4) is 0 Å². The summed E-state index contributed by atoms with van der Waals surface area (Å²) in [6, 6.07) is 13.4. The lowest BCUT2D eigenvalue weighted by Crippen LogP contribution is -2.06. The minimum absolute atomic E-state index is 0.614. The molecule has 0 saturated heterocycles. The van der Waals surface area contributed by atoms with E-state index in [1.165, 1.54) is 0 Å². The van der Waals surface area contributed by atoms with Gasteiger partial charge < -0.3 is 10.1 Å². The van der Waals surface area contributed by atoms with Crippen molar-refractivity contribution in [3.8, 4) is 11.5 Å². The summed E-state index contributed by atoms with van der Waals surface area (Å²) < 4.78 is 6.85. The molecule has 4 heteroatoms. The predicted octanol–water partition coefficient (Wildman–Crippen LogP) is 4.61. The lowest BCUT2D eigenvalue weighted by Gasteiger charge is -2.12. The van der Waals surface area contributed by atoms with E-state index in [4.69, 9.17) is 16.3 Å². The lowest BCUT2D eigenvalue weighted by molar-refractivity contribution is 0.474. The zero-order valence-electron chi connectivity index (χ0n) is 9.91. The SMILES string of the molecule is CNCc1cccc(Cl)c1Oc1cccc(Br)c1. The molecule has 0 aliphatic carbocycles. The standard InChI is InChI=1S/C14H13BrClNO/c1-17-9-10-4-2-7-13(16)14(10)18-12-6-3-5-11(15)8-12/h2-8,17H,9H2,1H3. The molecule has 0 bridgehead atoms. The minimum Gasteiger partial charge on any atom is -0.455 e. The summed E-state index contributed by atoms with van der Waals surface area (Å²) in [5, 5.41) is 3.71. The van der Waals surface area contributed by atoms with Crippen LogP contribution in [0.25, 0.3) is 0 Å². The largest absolute Gasteiger partial charge is 0.455 e. The maximum absolute atomic E-state index is 6.19. The first-order chi connectivity index (χ1) is 8.70. The summed E-state index contributed by atoms with van der Waals surface area (Å²) in [6.45, 7) is 0.712. The lowest BCUT2D eigenvalue weighted by atomic mass is 10.2. The number of ether oxygens (including phenoxy) is 1. The van der Waals surface area contributed by atoms with Crippen molar-refractivity contribution in [3.05, 3.63) is 57.5 Å². The molecule has 2 nitrogen and oxygen atoms in total. The number of para-hydroxylation sites is 1. The van der Waals surface area contributed by atoms with Crippen LogP contribution in [-0.2, 0) is 6.54 Å². The fourth-order valence-corrected chi connectivity index (χ4v) is 2.26. The monoisotopic (exact) mass is 325 g/mol. The van der Waals surface area contributed by atoms with E-state index < -0.39 is 0 Å². The first-order valence-electron chi connectivity index (χ1n) is 5.56. The van der Waals surface area contributed by atoms with Gasteiger partial charge >= 0.3 is 0 Å². The van der Waals surface area contributed by atoms with Gasteiger partial charge in [0.2, 0.25) is 0 Å². The summed E-state index contributed by atoms with van der Waals surface area (Å²) >= 11 is 9.61. The van der Waals surface area contributed by atoms with Crippen LogP contribution in [0.1, 0.15) is 5.56 Å². The summed E-state index contributed by atoms with van der Waals surface area (Å²) in [5.41, 5.74) is 1.03. The zero-order chi connectivity index (χ0) is 13.0. The highest BCUT2D eigenvalue weighted by Gasteiger charge is 2.09. The summed E-state index contributed by atoms with van der Waals surface area (Å²) in [6.07, 6.45) is 0. The van der Waals surface area contributed by atoms with Crippen molar-refractivity contribution < 1.29 is 4.74 Å². The Morgan fingerprint density at radius 1 is 1.22 bits per heavy atom. The Hall–Kier alpha value is -1.03. The van der Waals surface area contributed by atoms with Crippen molar-refractivity contribution in [3.63, 3.8) is 0 Å². The molecule has 1 N–H and O–H groups in total. The predicted molar refractivity (Wildman–Crippen MR) is 78.4 cm³/mol. The molecular formula is C14H13BrClNO. The molecule has 0 saturated carbocycles. The van der Waals surface area contributed by atoms with Gasteiger partial charge in [-0.1, -0.05) is 45.7 Å².